The molecular formula is C18H23BrN2O6. The lowest BCUT2D eigenvalue weighted by atomic mass is 10.1. The van der Waals surface area contributed by atoms with E-state index < -0.39 is 30.1 Å². The summed E-state index contributed by atoms with van der Waals surface area (Å²) in [6, 6.07) is 8.21. The topological polar surface area (TPSA) is 114 Å². The molecule has 0 aliphatic carbocycles. The van der Waals surface area contributed by atoms with E-state index in [0.29, 0.717) is 4.48 Å². The zero-order chi connectivity index (χ0) is 20.2. The van der Waals surface area contributed by atoms with Crippen molar-refractivity contribution in [3.8, 4) is 0 Å². The van der Waals surface area contributed by atoms with Crippen LogP contribution in [0.15, 0.2) is 41.4 Å². The van der Waals surface area contributed by atoms with E-state index >= 15 is 0 Å². The van der Waals surface area contributed by atoms with Gasteiger partial charge in [-0.3, -0.25) is 4.79 Å². The van der Waals surface area contributed by atoms with Crippen LogP contribution in [0.25, 0.3) is 0 Å². The maximum absolute atomic E-state index is 12.0. The Bertz CT molecular complexity index is 653. The molecule has 8 nitrogen and oxygen atoms in total. The monoisotopic (exact) mass is 442 g/mol. The van der Waals surface area contributed by atoms with Gasteiger partial charge >= 0.3 is 12.1 Å². The second kappa shape index (κ2) is 12.1. The van der Waals surface area contributed by atoms with Crippen molar-refractivity contribution in [1.29, 1.82) is 0 Å². The van der Waals surface area contributed by atoms with E-state index in [4.69, 9.17) is 4.74 Å². The molecule has 0 aliphatic heterocycles. The van der Waals surface area contributed by atoms with Crippen molar-refractivity contribution >= 4 is 33.9 Å². The molecule has 1 aromatic rings. The van der Waals surface area contributed by atoms with E-state index in [1.165, 1.54) is 7.11 Å². The minimum absolute atomic E-state index is 0.0977. The number of carbonyl (C=O) groups excluding carboxylic acids is 3. The molecule has 0 saturated carbocycles. The van der Waals surface area contributed by atoms with Crippen molar-refractivity contribution in [3.63, 3.8) is 0 Å². The lowest BCUT2D eigenvalue weighted by Gasteiger charge is -2.17. The zero-order valence-electron chi connectivity index (χ0n) is 14.9. The molecule has 0 radical (unpaired) electrons. The molecule has 1 rings (SSSR count). The Balaban J connectivity index is 2.34. The van der Waals surface area contributed by atoms with Gasteiger partial charge in [0.1, 0.15) is 12.6 Å². The van der Waals surface area contributed by atoms with Crippen LogP contribution >= 0.6 is 15.9 Å². The largest absolute Gasteiger partial charge is 0.467 e. The number of hydrogen-bond acceptors (Lipinski definition) is 6. The fraction of sp³-hybridized carbons (Fsp3) is 0.389. The molecule has 0 aliphatic rings. The number of aliphatic hydroxyl groups is 1. The van der Waals surface area contributed by atoms with E-state index in [-0.39, 0.29) is 26.0 Å². The van der Waals surface area contributed by atoms with Crippen molar-refractivity contribution in [1.82, 2.24) is 10.6 Å². The number of carbonyl (C=O) groups is 3. The third-order valence-electron chi connectivity index (χ3n) is 3.36. The van der Waals surface area contributed by atoms with Gasteiger partial charge in [0.05, 0.1) is 19.6 Å². The van der Waals surface area contributed by atoms with Gasteiger partial charge in [0.15, 0.2) is 0 Å². The Hall–Kier alpha value is -2.39. The number of halogens is 1. The van der Waals surface area contributed by atoms with Crippen molar-refractivity contribution in [3.05, 3.63) is 47.0 Å². The standard InChI is InChI=1S/C18H23BrN2O6/c1-12(19)8-15(17(24)26-2)21-16(23)9-14(22)10-20-18(25)27-11-13-6-4-3-5-7-13/h3-7,14-15,22H,1,8-11H2,2H3,(H,20,25)(H,21,23)/t14-,15-/m1/s1. The van der Waals surface area contributed by atoms with Crippen LogP contribution in [0.1, 0.15) is 18.4 Å². The Morgan fingerprint density at radius 2 is 1.89 bits per heavy atom. The second-order valence-corrected chi connectivity index (χ2v) is 6.79. The predicted molar refractivity (Wildman–Crippen MR) is 102 cm³/mol. The number of benzene rings is 1. The Labute approximate surface area is 166 Å². The average Bonchev–Trinajstić information content (AvgIpc) is 2.63. The first kappa shape index (κ1) is 22.7. The minimum Gasteiger partial charge on any atom is -0.467 e. The smallest absolute Gasteiger partial charge is 0.407 e. The van der Waals surface area contributed by atoms with Crippen LogP contribution in [-0.4, -0.2) is 48.9 Å². The lowest BCUT2D eigenvalue weighted by molar-refractivity contribution is -0.145. The van der Waals surface area contributed by atoms with Crippen molar-refractivity contribution in [2.24, 2.45) is 0 Å². The molecule has 0 unspecified atom stereocenters. The van der Waals surface area contributed by atoms with Gasteiger partial charge in [-0.05, 0) is 10.0 Å². The molecule has 27 heavy (non-hydrogen) atoms. The average molecular weight is 443 g/mol. The third kappa shape index (κ3) is 9.76. The maximum atomic E-state index is 12.0. The van der Waals surface area contributed by atoms with Crippen LogP contribution in [0.5, 0.6) is 0 Å². The van der Waals surface area contributed by atoms with E-state index in [1.807, 2.05) is 30.3 Å². The van der Waals surface area contributed by atoms with Crippen LogP contribution < -0.4 is 10.6 Å². The maximum Gasteiger partial charge on any atom is 0.407 e. The van der Waals surface area contributed by atoms with Gasteiger partial charge in [-0.1, -0.05) is 52.8 Å². The molecule has 0 spiro atoms. The predicted octanol–water partition coefficient (Wildman–Crippen LogP) is 1.62. The van der Waals surface area contributed by atoms with Crippen LogP contribution in [0.4, 0.5) is 4.79 Å². The highest BCUT2D eigenvalue weighted by Gasteiger charge is 2.23. The molecule has 9 heteroatoms. The summed E-state index contributed by atoms with van der Waals surface area (Å²) in [7, 11) is 1.21. The summed E-state index contributed by atoms with van der Waals surface area (Å²) in [5, 5.41) is 14.7. The van der Waals surface area contributed by atoms with E-state index in [9.17, 15) is 19.5 Å². The molecule has 3 N–H and O–H groups in total. The fourth-order valence-corrected chi connectivity index (χ4v) is 2.40. The molecule has 0 fully saturated rings. The summed E-state index contributed by atoms with van der Waals surface area (Å²) in [4.78, 5) is 35.2. The Kier molecular flexibility index (Phi) is 10.1. The van der Waals surface area contributed by atoms with Crippen molar-refractivity contribution in [2.75, 3.05) is 13.7 Å². The summed E-state index contributed by atoms with van der Waals surface area (Å²) in [6.45, 7) is 3.54. The molecule has 0 aromatic heterocycles. The van der Waals surface area contributed by atoms with E-state index in [0.717, 1.165) is 5.56 Å². The minimum atomic E-state index is -1.14. The van der Waals surface area contributed by atoms with Crippen LogP contribution in [-0.2, 0) is 25.7 Å². The van der Waals surface area contributed by atoms with Gasteiger partial charge in [0.2, 0.25) is 5.91 Å². The number of nitrogens with one attached hydrogen (secondary N) is 2. The quantitative estimate of drug-likeness (QED) is 0.474. The first-order chi connectivity index (χ1) is 12.8. The third-order valence-corrected chi connectivity index (χ3v) is 3.69. The van der Waals surface area contributed by atoms with Crippen LogP contribution in [0.2, 0.25) is 0 Å². The number of esters is 1. The van der Waals surface area contributed by atoms with Gasteiger partial charge in [-0.25, -0.2) is 9.59 Å². The number of aliphatic hydroxyl groups excluding tert-OH is 1. The van der Waals surface area contributed by atoms with E-state index in [1.54, 1.807) is 0 Å². The molecule has 0 saturated heterocycles. The summed E-state index contributed by atoms with van der Waals surface area (Å²) in [5.74, 6) is -1.19. The van der Waals surface area contributed by atoms with Gasteiger partial charge in [0, 0.05) is 13.0 Å². The van der Waals surface area contributed by atoms with E-state index in [2.05, 4.69) is 37.9 Å². The number of ether oxygens (including phenoxy) is 2. The first-order valence-electron chi connectivity index (χ1n) is 8.15. The van der Waals surface area contributed by atoms with Crippen molar-refractivity contribution in [2.45, 2.75) is 31.6 Å². The Morgan fingerprint density at radius 1 is 1.22 bits per heavy atom. The van der Waals surface area contributed by atoms with Crippen LogP contribution in [0, 0.1) is 0 Å². The summed E-state index contributed by atoms with van der Waals surface area (Å²) in [6.07, 6.45) is -2.00. The van der Waals surface area contributed by atoms with Crippen LogP contribution in [0.3, 0.4) is 0 Å². The molecular weight excluding hydrogens is 420 g/mol. The SMILES string of the molecule is C=C(Br)C[C@@H](NC(=O)C[C@@H](O)CNC(=O)OCc1ccccc1)C(=O)OC. The number of amides is 2. The van der Waals surface area contributed by atoms with Gasteiger partial charge in [-0.15, -0.1) is 0 Å². The lowest BCUT2D eigenvalue weighted by Crippen LogP contribution is -2.43. The van der Waals surface area contributed by atoms with Gasteiger partial charge < -0.3 is 25.2 Å². The molecule has 148 valence electrons. The molecule has 2 amide bonds. The Morgan fingerprint density at radius 3 is 2.48 bits per heavy atom. The second-order valence-electron chi connectivity index (χ2n) is 5.67. The summed E-state index contributed by atoms with van der Waals surface area (Å²) in [5.41, 5.74) is 0.829. The zero-order valence-corrected chi connectivity index (χ0v) is 16.5. The molecule has 1 aromatic carbocycles. The summed E-state index contributed by atoms with van der Waals surface area (Å²) < 4.78 is 10.1. The normalized spacial score (nSPS) is 12.4. The number of rotatable bonds is 10. The van der Waals surface area contributed by atoms with Crippen molar-refractivity contribution < 1.29 is 29.0 Å². The van der Waals surface area contributed by atoms with Gasteiger partial charge in [0.25, 0.3) is 0 Å². The number of alkyl carbamates (subject to hydrolysis) is 1. The summed E-state index contributed by atoms with van der Waals surface area (Å²) >= 11 is 3.12. The number of methoxy groups -OCH3 is 1. The highest BCUT2D eigenvalue weighted by molar-refractivity contribution is 9.11. The molecule has 0 bridgehead atoms. The molecule has 0 heterocycles. The van der Waals surface area contributed by atoms with Gasteiger partial charge in [-0.2, -0.15) is 0 Å². The highest BCUT2D eigenvalue weighted by Crippen LogP contribution is 2.11. The first-order valence-corrected chi connectivity index (χ1v) is 8.94. The number of hydrogen-bond donors (Lipinski definition) is 3. The molecule has 2 atom stereocenters. The highest BCUT2D eigenvalue weighted by atomic mass is 79.9. The fourth-order valence-electron chi connectivity index (χ4n) is 2.07.